The fourth-order valence-corrected chi connectivity index (χ4v) is 5.82. The van der Waals surface area contributed by atoms with Gasteiger partial charge in [0.1, 0.15) is 5.75 Å². The lowest BCUT2D eigenvalue weighted by molar-refractivity contribution is -0.899. The number of Topliss-reactive ketones (excluding diaryl/α,β-unsaturated/α-hetero) is 1. The maximum absolute atomic E-state index is 13.0. The monoisotopic (exact) mass is 299 g/mol. The van der Waals surface area contributed by atoms with E-state index in [1.54, 1.807) is 0 Å². The summed E-state index contributed by atoms with van der Waals surface area (Å²) in [7, 11) is 1.82. The van der Waals surface area contributed by atoms with E-state index in [9.17, 15) is 10.0 Å². The normalized spacial score (nSPS) is 44.5. The molecule has 4 aliphatic rings. The molecule has 1 saturated carbocycles. The van der Waals surface area contributed by atoms with Gasteiger partial charge in [0.25, 0.3) is 0 Å². The second-order valence-electron chi connectivity index (χ2n) is 7.81. The Bertz CT molecular complexity index is 711. The third-order valence-electron chi connectivity index (χ3n) is 6.83. The van der Waals surface area contributed by atoms with E-state index in [1.165, 1.54) is 11.1 Å². The number of rotatable bonds is 0. The molecule has 2 aliphatic heterocycles. The van der Waals surface area contributed by atoms with Crippen molar-refractivity contribution in [2.24, 2.45) is 5.92 Å². The minimum Gasteiger partial charge on any atom is -0.633 e. The van der Waals surface area contributed by atoms with Crippen molar-refractivity contribution in [3.8, 4) is 5.75 Å². The average Bonchev–Trinajstić information content (AvgIpc) is 2.84. The average molecular weight is 299 g/mol. The smallest absolute Gasteiger partial charge is 0.174 e. The molecule has 0 aromatic heterocycles. The standard InChI is InChI=1S/C18H21NO3/c1-10-3-4-11-9-13-12-5-6-14(20)17-18(12,7-8-19(13,2)21)15(11)16(10)22-17/h3-4,12-13,17H,5-9H2,1-2H3/t12-,13?,17-,18-,19-/m1/s1. The molecule has 1 aromatic carbocycles. The zero-order valence-electron chi connectivity index (χ0n) is 13.1. The lowest BCUT2D eigenvalue weighted by atomic mass is 9.51. The Kier molecular flexibility index (Phi) is 2.23. The van der Waals surface area contributed by atoms with Crippen LogP contribution in [0, 0.1) is 18.0 Å². The number of carbonyl (C=O) groups excluding carboxylic acids is 1. The number of hydrogen-bond donors (Lipinski definition) is 0. The quantitative estimate of drug-likeness (QED) is 0.545. The van der Waals surface area contributed by atoms with Crippen LogP contribution in [0.4, 0.5) is 0 Å². The van der Waals surface area contributed by atoms with Crippen LogP contribution >= 0.6 is 0 Å². The third kappa shape index (κ3) is 1.26. The molecule has 5 atom stereocenters. The van der Waals surface area contributed by atoms with E-state index in [1.807, 2.05) is 7.05 Å². The van der Waals surface area contributed by atoms with Gasteiger partial charge in [0.15, 0.2) is 11.9 Å². The molecule has 4 nitrogen and oxygen atoms in total. The highest BCUT2D eigenvalue weighted by molar-refractivity contribution is 5.88. The zero-order valence-corrected chi connectivity index (χ0v) is 13.1. The van der Waals surface area contributed by atoms with Crippen LogP contribution < -0.4 is 4.74 Å². The predicted molar refractivity (Wildman–Crippen MR) is 81.5 cm³/mol. The number of likely N-dealkylation sites (tertiary alicyclic amines) is 1. The number of hydrogen-bond acceptors (Lipinski definition) is 3. The third-order valence-corrected chi connectivity index (χ3v) is 6.83. The van der Waals surface area contributed by atoms with Crippen LogP contribution in [0.15, 0.2) is 12.1 Å². The van der Waals surface area contributed by atoms with Gasteiger partial charge in [-0.25, -0.2) is 0 Å². The molecule has 0 amide bonds. The Hall–Kier alpha value is -1.39. The molecule has 2 aliphatic carbocycles. The molecule has 2 heterocycles. The van der Waals surface area contributed by atoms with E-state index in [2.05, 4.69) is 19.1 Å². The summed E-state index contributed by atoms with van der Waals surface area (Å²) in [5, 5.41) is 13.0. The van der Waals surface area contributed by atoms with E-state index < -0.39 is 0 Å². The molecule has 1 saturated heterocycles. The number of ether oxygens (including phenoxy) is 1. The predicted octanol–water partition coefficient (Wildman–Crippen LogP) is 2.25. The summed E-state index contributed by atoms with van der Waals surface area (Å²) in [5.41, 5.74) is 3.44. The highest BCUT2D eigenvalue weighted by Gasteiger charge is 2.67. The summed E-state index contributed by atoms with van der Waals surface area (Å²) in [6, 6.07) is 4.32. The van der Waals surface area contributed by atoms with Crippen molar-refractivity contribution in [2.45, 2.75) is 50.2 Å². The summed E-state index contributed by atoms with van der Waals surface area (Å²) in [6.45, 7) is 2.66. The lowest BCUT2D eigenvalue weighted by Crippen LogP contribution is -2.70. The molecular weight excluding hydrogens is 278 g/mol. The Morgan fingerprint density at radius 1 is 1.41 bits per heavy atom. The zero-order chi connectivity index (χ0) is 15.3. The Labute approximate surface area is 130 Å². The first-order valence-corrected chi connectivity index (χ1v) is 8.34. The van der Waals surface area contributed by atoms with Crippen molar-refractivity contribution in [2.75, 3.05) is 13.6 Å². The van der Waals surface area contributed by atoms with Crippen LogP contribution in [0.25, 0.3) is 0 Å². The van der Waals surface area contributed by atoms with Crippen molar-refractivity contribution in [1.82, 2.24) is 0 Å². The number of piperidine rings is 1. The minimum absolute atomic E-state index is 0.0779. The Morgan fingerprint density at radius 2 is 2.23 bits per heavy atom. The number of aryl methyl sites for hydroxylation is 1. The van der Waals surface area contributed by atoms with Crippen LogP contribution in [0.3, 0.4) is 0 Å². The van der Waals surface area contributed by atoms with Crippen LogP contribution in [0.1, 0.15) is 36.0 Å². The van der Waals surface area contributed by atoms with E-state index >= 15 is 0 Å². The van der Waals surface area contributed by atoms with Gasteiger partial charge in [-0.2, -0.15) is 0 Å². The van der Waals surface area contributed by atoms with Crippen LogP contribution in [0.2, 0.25) is 0 Å². The van der Waals surface area contributed by atoms with Crippen LogP contribution in [-0.4, -0.2) is 36.2 Å². The summed E-state index contributed by atoms with van der Waals surface area (Å²) in [5.74, 6) is 1.48. The lowest BCUT2D eigenvalue weighted by Gasteiger charge is -2.62. The van der Waals surface area contributed by atoms with Gasteiger partial charge in [0, 0.05) is 30.7 Å². The van der Waals surface area contributed by atoms with E-state index in [0.29, 0.717) is 18.9 Å². The summed E-state index contributed by atoms with van der Waals surface area (Å²) in [6.07, 6.45) is 2.69. The molecule has 1 unspecified atom stereocenters. The molecule has 2 fully saturated rings. The summed E-state index contributed by atoms with van der Waals surface area (Å²) in [4.78, 5) is 12.6. The first kappa shape index (κ1) is 13.1. The number of hydroxylamine groups is 3. The van der Waals surface area contributed by atoms with Crippen molar-refractivity contribution in [3.63, 3.8) is 0 Å². The maximum atomic E-state index is 13.0. The van der Waals surface area contributed by atoms with E-state index in [-0.39, 0.29) is 28.0 Å². The van der Waals surface area contributed by atoms with Gasteiger partial charge in [0.2, 0.25) is 0 Å². The SMILES string of the molecule is Cc1ccc2c3c1O[C@@H]1C(=O)CC[C@@H]4C(C2)[N@+](C)([O-])CC[C@@]314. The van der Waals surface area contributed by atoms with Gasteiger partial charge in [0.05, 0.1) is 25.0 Å². The maximum Gasteiger partial charge on any atom is 0.174 e. The van der Waals surface area contributed by atoms with Gasteiger partial charge < -0.3 is 14.6 Å². The number of benzene rings is 1. The molecule has 22 heavy (non-hydrogen) atoms. The molecule has 0 radical (unpaired) electrons. The highest BCUT2D eigenvalue weighted by Crippen LogP contribution is 2.62. The molecule has 0 N–H and O–H groups in total. The number of carbonyl (C=O) groups is 1. The molecule has 116 valence electrons. The molecular formula is C18H21NO3. The summed E-state index contributed by atoms with van der Waals surface area (Å²) >= 11 is 0. The molecule has 1 aromatic rings. The molecule has 1 spiro atoms. The summed E-state index contributed by atoms with van der Waals surface area (Å²) < 4.78 is 6.07. The molecule has 4 heteroatoms. The van der Waals surface area contributed by atoms with Crippen molar-refractivity contribution in [1.29, 1.82) is 0 Å². The van der Waals surface area contributed by atoms with Gasteiger partial charge in [-0.1, -0.05) is 12.1 Å². The first-order valence-electron chi connectivity index (χ1n) is 8.34. The topological polar surface area (TPSA) is 49.4 Å². The number of nitrogens with zero attached hydrogens (tertiary/aromatic N) is 1. The van der Waals surface area contributed by atoms with Crippen molar-refractivity contribution in [3.05, 3.63) is 34.0 Å². The van der Waals surface area contributed by atoms with Gasteiger partial charge in [-0.15, -0.1) is 0 Å². The number of ketones is 1. The fourth-order valence-electron chi connectivity index (χ4n) is 5.82. The van der Waals surface area contributed by atoms with Crippen LogP contribution in [0.5, 0.6) is 5.75 Å². The van der Waals surface area contributed by atoms with Gasteiger partial charge in [-0.3, -0.25) is 4.79 Å². The van der Waals surface area contributed by atoms with Crippen LogP contribution in [-0.2, 0) is 16.6 Å². The Balaban J connectivity index is 1.83. The highest BCUT2D eigenvalue weighted by atomic mass is 16.5. The van der Waals surface area contributed by atoms with Crippen molar-refractivity contribution >= 4 is 5.78 Å². The molecule has 5 rings (SSSR count). The number of likely N-dealkylation sites (N-methyl/N-ethyl adjacent to an activating group) is 1. The molecule has 2 bridgehead atoms. The number of quaternary nitrogens is 1. The Morgan fingerprint density at radius 3 is 3.05 bits per heavy atom. The fraction of sp³-hybridized carbons (Fsp3) is 0.611. The van der Waals surface area contributed by atoms with Gasteiger partial charge in [-0.05, 0) is 24.5 Å². The second kappa shape index (κ2) is 3.74. The van der Waals surface area contributed by atoms with E-state index in [0.717, 1.165) is 30.6 Å². The second-order valence-corrected chi connectivity index (χ2v) is 7.81. The van der Waals surface area contributed by atoms with Gasteiger partial charge >= 0.3 is 0 Å². The van der Waals surface area contributed by atoms with Crippen molar-refractivity contribution < 1.29 is 14.2 Å². The largest absolute Gasteiger partial charge is 0.633 e. The minimum atomic E-state index is -0.343. The first-order chi connectivity index (χ1) is 10.4. The van der Waals surface area contributed by atoms with E-state index in [4.69, 9.17) is 4.74 Å².